The highest BCUT2D eigenvalue weighted by molar-refractivity contribution is 6.02. The van der Waals surface area contributed by atoms with Gasteiger partial charge >= 0.3 is 6.09 Å². The second kappa shape index (κ2) is 10.3. The number of benzene rings is 1. The number of amides is 3. The number of anilines is 2. The molecule has 2 saturated heterocycles. The molecule has 1 unspecified atom stereocenters. The van der Waals surface area contributed by atoms with Crippen LogP contribution in [0.1, 0.15) is 46.5 Å². The average molecular weight is 445 g/mol. The number of hydrogen-bond donors (Lipinski definition) is 1. The van der Waals surface area contributed by atoms with Crippen LogP contribution < -0.4 is 10.2 Å². The highest BCUT2D eigenvalue weighted by atomic mass is 16.6. The van der Waals surface area contributed by atoms with Crippen molar-refractivity contribution in [2.24, 2.45) is 5.92 Å². The lowest BCUT2D eigenvalue weighted by molar-refractivity contribution is -0.118. The first kappa shape index (κ1) is 24.0. The summed E-state index contributed by atoms with van der Waals surface area (Å²) in [6.07, 6.45) is 3.08. The number of carbonyl (C=O) groups is 3. The molecule has 0 radical (unpaired) electrons. The largest absolute Gasteiger partial charge is 0.444 e. The maximum atomic E-state index is 12.8. The fourth-order valence-electron chi connectivity index (χ4n) is 4.36. The molecule has 0 aliphatic carbocycles. The van der Waals surface area contributed by atoms with Crippen molar-refractivity contribution in [3.8, 4) is 0 Å². The summed E-state index contributed by atoms with van der Waals surface area (Å²) in [5.74, 6) is 0.300. The second-order valence-corrected chi connectivity index (χ2v) is 9.82. The SMILES string of the molecule is CN(CC1CCCN(CC(=O)Nc2ccccc2N2CCCC2=O)C1)C(=O)OC(C)(C)C. The Balaban J connectivity index is 1.53. The Morgan fingerprint density at radius 1 is 1.19 bits per heavy atom. The molecule has 3 rings (SSSR count). The van der Waals surface area contributed by atoms with E-state index in [0.29, 0.717) is 31.1 Å². The lowest BCUT2D eigenvalue weighted by Crippen LogP contribution is -2.45. The fourth-order valence-corrected chi connectivity index (χ4v) is 4.36. The van der Waals surface area contributed by atoms with Crippen LogP contribution in [-0.2, 0) is 14.3 Å². The van der Waals surface area contributed by atoms with Gasteiger partial charge in [-0.2, -0.15) is 0 Å². The van der Waals surface area contributed by atoms with E-state index in [1.807, 2.05) is 45.0 Å². The normalized spacial score (nSPS) is 19.7. The number of likely N-dealkylation sites (tertiary alicyclic amines) is 1. The molecule has 2 aliphatic rings. The summed E-state index contributed by atoms with van der Waals surface area (Å²) in [4.78, 5) is 42.7. The third-order valence-corrected chi connectivity index (χ3v) is 5.75. The lowest BCUT2D eigenvalue weighted by atomic mass is 9.97. The van der Waals surface area contributed by atoms with Crippen LogP contribution in [0.4, 0.5) is 16.2 Å². The number of carbonyl (C=O) groups excluding carboxylic acids is 3. The van der Waals surface area contributed by atoms with E-state index < -0.39 is 5.60 Å². The van der Waals surface area contributed by atoms with Gasteiger partial charge in [0, 0.05) is 33.1 Å². The Morgan fingerprint density at radius 2 is 1.94 bits per heavy atom. The van der Waals surface area contributed by atoms with Gasteiger partial charge in [-0.25, -0.2) is 4.79 Å². The van der Waals surface area contributed by atoms with E-state index >= 15 is 0 Å². The number of para-hydroxylation sites is 2. The van der Waals surface area contributed by atoms with Gasteiger partial charge in [0.25, 0.3) is 0 Å². The van der Waals surface area contributed by atoms with Gasteiger partial charge in [0.05, 0.1) is 17.9 Å². The third-order valence-electron chi connectivity index (χ3n) is 5.75. The molecule has 0 bridgehead atoms. The first-order valence-corrected chi connectivity index (χ1v) is 11.5. The third kappa shape index (κ3) is 6.69. The summed E-state index contributed by atoms with van der Waals surface area (Å²) in [6.45, 7) is 8.76. The molecule has 8 heteroatoms. The van der Waals surface area contributed by atoms with Gasteiger partial charge in [-0.05, 0) is 64.6 Å². The van der Waals surface area contributed by atoms with Crippen molar-refractivity contribution >= 4 is 29.3 Å². The lowest BCUT2D eigenvalue weighted by Gasteiger charge is -2.34. The van der Waals surface area contributed by atoms with E-state index in [9.17, 15) is 14.4 Å². The summed E-state index contributed by atoms with van der Waals surface area (Å²) >= 11 is 0. The average Bonchev–Trinajstić information content (AvgIpc) is 3.13. The number of hydrogen-bond acceptors (Lipinski definition) is 5. The van der Waals surface area contributed by atoms with Crippen molar-refractivity contribution in [3.63, 3.8) is 0 Å². The van der Waals surface area contributed by atoms with Crippen LogP contribution in [0.25, 0.3) is 0 Å². The summed E-state index contributed by atoms with van der Waals surface area (Å²) in [5, 5.41) is 3.00. The smallest absolute Gasteiger partial charge is 0.410 e. The summed E-state index contributed by atoms with van der Waals surface area (Å²) in [5.41, 5.74) is 0.919. The minimum absolute atomic E-state index is 0.0924. The summed E-state index contributed by atoms with van der Waals surface area (Å²) < 4.78 is 5.44. The molecule has 0 spiro atoms. The molecule has 1 atom stereocenters. The second-order valence-electron chi connectivity index (χ2n) is 9.82. The number of piperidine rings is 1. The van der Waals surface area contributed by atoms with Gasteiger partial charge < -0.3 is 19.9 Å². The summed E-state index contributed by atoms with van der Waals surface area (Å²) in [6, 6.07) is 7.46. The molecule has 32 heavy (non-hydrogen) atoms. The van der Waals surface area contributed by atoms with E-state index in [1.165, 1.54) is 0 Å². The monoisotopic (exact) mass is 444 g/mol. The molecule has 3 amide bonds. The van der Waals surface area contributed by atoms with E-state index in [-0.39, 0.29) is 24.5 Å². The van der Waals surface area contributed by atoms with Gasteiger partial charge in [-0.1, -0.05) is 12.1 Å². The van der Waals surface area contributed by atoms with E-state index in [2.05, 4.69) is 10.2 Å². The Morgan fingerprint density at radius 3 is 2.62 bits per heavy atom. The molecule has 1 aromatic carbocycles. The van der Waals surface area contributed by atoms with Crippen LogP contribution in [-0.4, -0.2) is 73.1 Å². The van der Waals surface area contributed by atoms with E-state index in [4.69, 9.17) is 4.74 Å². The fraction of sp³-hybridized carbons (Fsp3) is 0.625. The number of nitrogens with one attached hydrogen (secondary N) is 1. The molecule has 1 aromatic rings. The van der Waals surface area contributed by atoms with Gasteiger partial charge in [0.2, 0.25) is 11.8 Å². The minimum Gasteiger partial charge on any atom is -0.444 e. The molecule has 1 N–H and O–H groups in total. The predicted octanol–water partition coefficient (Wildman–Crippen LogP) is 3.33. The topological polar surface area (TPSA) is 82.2 Å². The van der Waals surface area contributed by atoms with Gasteiger partial charge in [-0.3, -0.25) is 14.5 Å². The van der Waals surface area contributed by atoms with Crippen LogP contribution in [0.2, 0.25) is 0 Å². The number of ether oxygens (including phenoxy) is 1. The zero-order chi connectivity index (χ0) is 23.3. The highest BCUT2D eigenvalue weighted by Gasteiger charge is 2.27. The van der Waals surface area contributed by atoms with Crippen molar-refractivity contribution in [2.75, 3.05) is 50.0 Å². The molecule has 2 heterocycles. The van der Waals surface area contributed by atoms with E-state index in [0.717, 1.165) is 38.0 Å². The van der Waals surface area contributed by atoms with Gasteiger partial charge in [0.15, 0.2) is 0 Å². The first-order chi connectivity index (χ1) is 15.1. The Hall–Kier alpha value is -2.61. The van der Waals surface area contributed by atoms with E-state index in [1.54, 1.807) is 16.8 Å². The molecular weight excluding hydrogens is 408 g/mol. The van der Waals surface area contributed by atoms with Crippen molar-refractivity contribution in [3.05, 3.63) is 24.3 Å². The van der Waals surface area contributed by atoms with Gasteiger partial charge in [-0.15, -0.1) is 0 Å². The standard InChI is InChI=1S/C24H36N4O4/c1-24(2,3)32-23(31)26(4)15-18-9-7-13-27(16-18)17-21(29)25-19-10-5-6-11-20(19)28-14-8-12-22(28)30/h5-6,10-11,18H,7-9,12-17H2,1-4H3,(H,25,29). The Kier molecular flexibility index (Phi) is 7.77. The zero-order valence-corrected chi connectivity index (χ0v) is 19.7. The first-order valence-electron chi connectivity index (χ1n) is 11.5. The zero-order valence-electron chi connectivity index (χ0n) is 19.7. The molecule has 176 valence electrons. The maximum absolute atomic E-state index is 12.8. The number of nitrogens with zero attached hydrogens (tertiary/aromatic N) is 3. The quantitative estimate of drug-likeness (QED) is 0.728. The van der Waals surface area contributed by atoms with Crippen LogP contribution in [0.15, 0.2) is 24.3 Å². The van der Waals surface area contributed by atoms with Crippen molar-refractivity contribution in [1.82, 2.24) is 9.80 Å². The molecule has 0 aromatic heterocycles. The molecular formula is C24H36N4O4. The highest BCUT2D eigenvalue weighted by Crippen LogP contribution is 2.29. The van der Waals surface area contributed by atoms with Gasteiger partial charge in [0.1, 0.15) is 5.60 Å². The van der Waals surface area contributed by atoms with Crippen molar-refractivity contribution in [1.29, 1.82) is 0 Å². The van der Waals surface area contributed by atoms with Crippen LogP contribution in [0, 0.1) is 5.92 Å². The number of rotatable bonds is 6. The van der Waals surface area contributed by atoms with Crippen LogP contribution in [0.5, 0.6) is 0 Å². The predicted molar refractivity (Wildman–Crippen MR) is 125 cm³/mol. The van der Waals surface area contributed by atoms with Crippen LogP contribution in [0.3, 0.4) is 0 Å². The molecule has 2 fully saturated rings. The van der Waals surface area contributed by atoms with Crippen LogP contribution >= 0.6 is 0 Å². The minimum atomic E-state index is -0.516. The maximum Gasteiger partial charge on any atom is 0.410 e. The Labute approximate surface area is 190 Å². The molecule has 2 aliphatic heterocycles. The Bertz CT molecular complexity index is 836. The van der Waals surface area contributed by atoms with Crippen molar-refractivity contribution < 1.29 is 19.1 Å². The van der Waals surface area contributed by atoms with Crippen molar-refractivity contribution in [2.45, 2.75) is 52.1 Å². The molecule has 8 nitrogen and oxygen atoms in total. The molecule has 0 saturated carbocycles. The summed E-state index contributed by atoms with van der Waals surface area (Å²) in [7, 11) is 1.76.